The minimum Gasteiger partial charge on any atom is -0.360 e. The Labute approximate surface area is 115 Å². The molecule has 0 fully saturated rings. The fourth-order valence-corrected chi connectivity index (χ4v) is 1.70. The smallest absolute Gasteiger partial charge is 0.257 e. The maximum absolute atomic E-state index is 11.8. The number of hydrogen-bond donors (Lipinski definition) is 2. The van der Waals surface area contributed by atoms with Crippen LogP contribution in [0.5, 0.6) is 0 Å². The largest absolute Gasteiger partial charge is 0.360 e. The van der Waals surface area contributed by atoms with Crippen molar-refractivity contribution in [3.63, 3.8) is 0 Å². The highest BCUT2D eigenvalue weighted by molar-refractivity contribution is 9.10. The molecule has 1 aromatic carbocycles. The van der Waals surface area contributed by atoms with E-state index in [1.165, 1.54) is 0 Å². The van der Waals surface area contributed by atoms with Crippen molar-refractivity contribution < 1.29 is 4.79 Å². The van der Waals surface area contributed by atoms with Gasteiger partial charge in [0.1, 0.15) is 0 Å². The van der Waals surface area contributed by atoms with E-state index in [1.54, 1.807) is 12.1 Å². The summed E-state index contributed by atoms with van der Waals surface area (Å²) in [7, 11) is 0. The molecule has 92 valence electrons. The van der Waals surface area contributed by atoms with E-state index in [2.05, 4.69) is 33.5 Å². The third kappa shape index (κ3) is 4.83. The summed E-state index contributed by atoms with van der Waals surface area (Å²) in [6, 6.07) is 7.38. The standard InChI is InChI=1S/C12H15BrN2OS/c1-3-8(2)14-12(17)15-11(16)9-4-6-10(13)7-5-9/h4-8H,3H2,1-2H3,(H2,14,15,16,17). The number of amides is 1. The average molecular weight is 315 g/mol. The highest BCUT2D eigenvalue weighted by atomic mass is 79.9. The van der Waals surface area contributed by atoms with Gasteiger partial charge in [0.25, 0.3) is 5.91 Å². The van der Waals surface area contributed by atoms with Crippen molar-refractivity contribution in [3.8, 4) is 0 Å². The molecule has 0 saturated heterocycles. The minimum atomic E-state index is -0.196. The number of thiocarbonyl (C=S) groups is 1. The molecule has 1 unspecified atom stereocenters. The SMILES string of the molecule is CCC(C)NC(=S)NC(=O)c1ccc(Br)cc1. The lowest BCUT2D eigenvalue weighted by molar-refractivity contribution is 0.0976. The Morgan fingerprint density at radius 2 is 2.00 bits per heavy atom. The van der Waals surface area contributed by atoms with Crippen LogP contribution in [0.25, 0.3) is 0 Å². The van der Waals surface area contributed by atoms with Crippen molar-refractivity contribution in [3.05, 3.63) is 34.3 Å². The Morgan fingerprint density at radius 3 is 2.53 bits per heavy atom. The van der Waals surface area contributed by atoms with Crippen LogP contribution in [-0.2, 0) is 0 Å². The molecular formula is C12H15BrN2OS. The fourth-order valence-electron chi connectivity index (χ4n) is 1.14. The lowest BCUT2D eigenvalue weighted by Gasteiger charge is -2.14. The monoisotopic (exact) mass is 314 g/mol. The van der Waals surface area contributed by atoms with Crippen molar-refractivity contribution in [1.29, 1.82) is 0 Å². The number of rotatable bonds is 3. The van der Waals surface area contributed by atoms with Gasteiger partial charge in [-0.25, -0.2) is 0 Å². The summed E-state index contributed by atoms with van der Waals surface area (Å²) in [5.41, 5.74) is 0.585. The van der Waals surface area contributed by atoms with Gasteiger partial charge in [0.15, 0.2) is 5.11 Å². The van der Waals surface area contributed by atoms with Crippen LogP contribution >= 0.6 is 28.1 Å². The van der Waals surface area contributed by atoms with E-state index in [1.807, 2.05) is 19.1 Å². The highest BCUT2D eigenvalue weighted by Gasteiger charge is 2.08. The van der Waals surface area contributed by atoms with Crippen molar-refractivity contribution in [2.24, 2.45) is 0 Å². The third-order valence-corrected chi connectivity index (χ3v) is 3.07. The van der Waals surface area contributed by atoms with Crippen molar-refractivity contribution in [2.75, 3.05) is 0 Å². The molecule has 0 saturated carbocycles. The quantitative estimate of drug-likeness (QED) is 0.843. The zero-order chi connectivity index (χ0) is 12.8. The van der Waals surface area contributed by atoms with Crippen LogP contribution in [0.3, 0.4) is 0 Å². The first-order chi connectivity index (χ1) is 8.02. The lowest BCUT2D eigenvalue weighted by atomic mass is 10.2. The van der Waals surface area contributed by atoms with E-state index in [4.69, 9.17) is 12.2 Å². The molecule has 0 spiro atoms. The van der Waals surface area contributed by atoms with Gasteiger partial charge >= 0.3 is 0 Å². The van der Waals surface area contributed by atoms with Gasteiger partial charge in [-0.15, -0.1) is 0 Å². The van der Waals surface area contributed by atoms with Crippen molar-refractivity contribution in [1.82, 2.24) is 10.6 Å². The van der Waals surface area contributed by atoms with Gasteiger partial charge in [-0.05, 0) is 49.8 Å². The molecule has 0 aliphatic rings. The molecule has 2 N–H and O–H groups in total. The molecule has 0 aromatic heterocycles. The molecule has 5 heteroatoms. The van der Waals surface area contributed by atoms with E-state index in [0.717, 1.165) is 10.9 Å². The fraction of sp³-hybridized carbons (Fsp3) is 0.333. The molecule has 1 rings (SSSR count). The first-order valence-electron chi connectivity index (χ1n) is 5.40. The summed E-state index contributed by atoms with van der Waals surface area (Å²) in [5.74, 6) is -0.196. The molecule has 0 bridgehead atoms. The second-order valence-electron chi connectivity index (χ2n) is 3.74. The number of hydrogen-bond acceptors (Lipinski definition) is 2. The van der Waals surface area contributed by atoms with Crippen LogP contribution < -0.4 is 10.6 Å². The van der Waals surface area contributed by atoms with Gasteiger partial charge in [-0.1, -0.05) is 22.9 Å². The second kappa shape index (κ2) is 6.71. The summed E-state index contributed by atoms with van der Waals surface area (Å²) in [6.45, 7) is 4.06. The Hall–Kier alpha value is -0.940. The number of halogens is 1. The van der Waals surface area contributed by atoms with Crippen LogP contribution in [0, 0.1) is 0 Å². The van der Waals surface area contributed by atoms with Crippen LogP contribution in [0.4, 0.5) is 0 Å². The maximum Gasteiger partial charge on any atom is 0.257 e. The Morgan fingerprint density at radius 1 is 1.41 bits per heavy atom. The summed E-state index contributed by atoms with van der Waals surface area (Å²) in [6.07, 6.45) is 0.953. The van der Waals surface area contributed by atoms with E-state index < -0.39 is 0 Å². The topological polar surface area (TPSA) is 41.1 Å². The Bertz CT molecular complexity index is 405. The van der Waals surface area contributed by atoms with Gasteiger partial charge in [-0.3, -0.25) is 10.1 Å². The molecule has 17 heavy (non-hydrogen) atoms. The number of carbonyl (C=O) groups excluding carboxylic acids is 1. The Balaban J connectivity index is 2.54. The first-order valence-corrected chi connectivity index (χ1v) is 6.60. The van der Waals surface area contributed by atoms with Crippen LogP contribution in [-0.4, -0.2) is 17.1 Å². The number of carbonyl (C=O) groups is 1. The molecule has 0 radical (unpaired) electrons. The third-order valence-electron chi connectivity index (χ3n) is 2.32. The molecule has 1 amide bonds. The average Bonchev–Trinajstić information content (AvgIpc) is 2.29. The van der Waals surface area contributed by atoms with E-state index in [0.29, 0.717) is 10.7 Å². The normalized spacial score (nSPS) is 11.7. The summed E-state index contributed by atoms with van der Waals surface area (Å²) >= 11 is 8.36. The maximum atomic E-state index is 11.8. The molecule has 1 atom stereocenters. The Kier molecular flexibility index (Phi) is 5.58. The molecular weight excluding hydrogens is 300 g/mol. The summed E-state index contributed by atoms with van der Waals surface area (Å²) < 4.78 is 0.939. The summed E-state index contributed by atoms with van der Waals surface area (Å²) in [4.78, 5) is 11.8. The van der Waals surface area contributed by atoms with Gasteiger partial charge in [-0.2, -0.15) is 0 Å². The van der Waals surface area contributed by atoms with Crippen molar-refractivity contribution >= 4 is 39.2 Å². The van der Waals surface area contributed by atoms with Gasteiger partial charge in [0, 0.05) is 16.1 Å². The molecule has 0 aliphatic heterocycles. The lowest BCUT2D eigenvalue weighted by Crippen LogP contribution is -2.43. The first kappa shape index (κ1) is 14.1. The highest BCUT2D eigenvalue weighted by Crippen LogP contribution is 2.10. The molecule has 0 aliphatic carbocycles. The number of benzene rings is 1. The molecule has 3 nitrogen and oxygen atoms in total. The number of nitrogens with one attached hydrogen (secondary N) is 2. The van der Waals surface area contributed by atoms with E-state index in [-0.39, 0.29) is 11.9 Å². The molecule has 0 heterocycles. The predicted octanol–water partition coefficient (Wildman–Crippen LogP) is 2.85. The van der Waals surface area contributed by atoms with Gasteiger partial charge in [0.05, 0.1) is 0 Å². The molecule has 1 aromatic rings. The zero-order valence-corrected chi connectivity index (χ0v) is 12.2. The van der Waals surface area contributed by atoms with Gasteiger partial charge in [0.2, 0.25) is 0 Å². The zero-order valence-electron chi connectivity index (χ0n) is 9.79. The summed E-state index contributed by atoms with van der Waals surface area (Å²) in [5, 5.41) is 6.05. The van der Waals surface area contributed by atoms with Crippen LogP contribution in [0.1, 0.15) is 30.6 Å². The van der Waals surface area contributed by atoms with Crippen molar-refractivity contribution in [2.45, 2.75) is 26.3 Å². The van der Waals surface area contributed by atoms with E-state index >= 15 is 0 Å². The van der Waals surface area contributed by atoms with E-state index in [9.17, 15) is 4.79 Å². The second-order valence-corrected chi connectivity index (χ2v) is 5.07. The van der Waals surface area contributed by atoms with Gasteiger partial charge < -0.3 is 5.32 Å². The van der Waals surface area contributed by atoms with Crippen LogP contribution in [0.15, 0.2) is 28.7 Å². The predicted molar refractivity (Wildman–Crippen MR) is 77.1 cm³/mol. The van der Waals surface area contributed by atoms with Crippen LogP contribution in [0.2, 0.25) is 0 Å². The minimum absolute atomic E-state index is 0.196.